The average molecular weight is 374 g/mol. The maximum atomic E-state index is 12.3. The Balaban J connectivity index is 1.75. The van der Waals surface area contributed by atoms with Crippen molar-refractivity contribution < 1.29 is 9.53 Å². The molecule has 140 valence electrons. The van der Waals surface area contributed by atoms with E-state index in [9.17, 15) is 4.79 Å². The minimum atomic E-state index is -0.485. The molecule has 4 heteroatoms. The molecule has 0 saturated heterocycles. The first-order valence-electron chi connectivity index (χ1n) is 9.28. The molecule has 26 heavy (non-hydrogen) atoms. The van der Waals surface area contributed by atoms with Gasteiger partial charge in [-0.3, -0.25) is 4.79 Å². The molecule has 0 spiro atoms. The molecule has 0 saturated carbocycles. The lowest BCUT2D eigenvalue weighted by molar-refractivity contribution is -0.128. The molecule has 0 fully saturated rings. The van der Waals surface area contributed by atoms with Crippen molar-refractivity contribution in [3.05, 3.63) is 64.7 Å². The highest BCUT2D eigenvalue weighted by molar-refractivity contribution is 6.30. The Hall–Kier alpha value is -2.00. The zero-order valence-electron chi connectivity index (χ0n) is 15.8. The van der Waals surface area contributed by atoms with Crippen LogP contribution in [0.15, 0.2) is 48.5 Å². The molecule has 0 radical (unpaired) electrons. The van der Waals surface area contributed by atoms with Crippen molar-refractivity contribution in [1.29, 1.82) is 0 Å². The zero-order valence-corrected chi connectivity index (χ0v) is 16.6. The van der Waals surface area contributed by atoms with Crippen molar-refractivity contribution in [2.24, 2.45) is 0 Å². The van der Waals surface area contributed by atoms with Crippen molar-refractivity contribution in [3.63, 3.8) is 0 Å². The van der Waals surface area contributed by atoms with Gasteiger partial charge in [0.15, 0.2) is 6.10 Å². The van der Waals surface area contributed by atoms with Gasteiger partial charge in [0.1, 0.15) is 5.75 Å². The lowest BCUT2D eigenvalue weighted by Crippen LogP contribution is -2.38. The van der Waals surface area contributed by atoms with Gasteiger partial charge in [-0.1, -0.05) is 56.6 Å². The van der Waals surface area contributed by atoms with Gasteiger partial charge in [-0.05, 0) is 60.6 Å². The van der Waals surface area contributed by atoms with Gasteiger partial charge < -0.3 is 10.1 Å². The van der Waals surface area contributed by atoms with Crippen LogP contribution in [0, 0.1) is 0 Å². The van der Waals surface area contributed by atoms with E-state index >= 15 is 0 Å². The number of carbonyl (C=O) groups excluding carboxylic acids is 1. The second-order valence-corrected chi connectivity index (χ2v) is 7.20. The predicted molar refractivity (Wildman–Crippen MR) is 108 cm³/mol. The van der Waals surface area contributed by atoms with E-state index in [1.54, 1.807) is 24.3 Å². The molecular weight excluding hydrogens is 346 g/mol. The Morgan fingerprint density at radius 3 is 2.31 bits per heavy atom. The molecule has 1 amide bonds. The number of aryl methyl sites for hydroxylation is 1. The molecule has 1 unspecified atom stereocenters. The Morgan fingerprint density at radius 2 is 1.73 bits per heavy atom. The third kappa shape index (κ3) is 6.38. The van der Waals surface area contributed by atoms with Crippen molar-refractivity contribution >= 4 is 17.5 Å². The van der Waals surface area contributed by atoms with Crippen LogP contribution < -0.4 is 10.1 Å². The van der Waals surface area contributed by atoms with E-state index in [4.69, 9.17) is 16.3 Å². The van der Waals surface area contributed by atoms with Gasteiger partial charge in [0.05, 0.1) is 0 Å². The zero-order chi connectivity index (χ0) is 18.9. The van der Waals surface area contributed by atoms with Gasteiger partial charge in [-0.25, -0.2) is 0 Å². The van der Waals surface area contributed by atoms with Gasteiger partial charge >= 0.3 is 0 Å². The Morgan fingerprint density at radius 1 is 1.08 bits per heavy atom. The van der Waals surface area contributed by atoms with E-state index in [-0.39, 0.29) is 5.91 Å². The van der Waals surface area contributed by atoms with Gasteiger partial charge in [0.2, 0.25) is 0 Å². The molecule has 0 aliphatic rings. The van der Waals surface area contributed by atoms with E-state index < -0.39 is 6.10 Å². The largest absolute Gasteiger partial charge is 0.481 e. The molecule has 0 aliphatic heterocycles. The highest BCUT2D eigenvalue weighted by atomic mass is 35.5. The summed E-state index contributed by atoms with van der Waals surface area (Å²) in [6.45, 7) is 6.98. The lowest BCUT2D eigenvalue weighted by Gasteiger charge is -2.17. The summed E-state index contributed by atoms with van der Waals surface area (Å²) in [5.41, 5.74) is 2.65. The number of halogens is 1. The first-order chi connectivity index (χ1) is 12.5. The lowest BCUT2D eigenvalue weighted by atomic mass is 10.0. The molecule has 2 aromatic carbocycles. The minimum Gasteiger partial charge on any atom is -0.481 e. The number of carbonyl (C=O) groups is 1. The average Bonchev–Trinajstić information content (AvgIpc) is 2.65. The molecule has 0 aliphatic carbocycles. The summed E-state index contributed by atoms with van der Waals surface area (Å²) >= 11 is 5.87. The molecule has 0 bridgehead atoms. The summed E-state index contributed by atoms with van der Waals surface area (Å²) < 4.78 is 5.76. The number of ether oxygens (including phenoxy) is 1. The van der Waals surface area contributed by atoms with Crippen molar-refractivity contribution in [3.8, 4) is 5.75 Å². The topological polar surface area (TPSA) is 38.3 Å². The third-order valence-corrected chi connectivity index (χ3v) is 4.60. The number of amides is 1. The molecule has 2 aromatic rings. The standard InChI is InChI=1S/C22H28ClNO2/c1-4-21(26-20-13-11-19(23)12-14-20)22(25)24-15-5-6-17-7-9-18(10-8-17)16(2)3/h7-14,16,21H,4-6,15H2,1-3H3,(H,24,25). The van der Waals surface area contributed by atoms with Crippen molar-refractivity contribution in [2.45, 2.75) is 52.1 Å². The number of benzene rings is 2. The van der Waals surface area contributed by atoms with Gasteiger partial charge in [-0.15, -0.1) is 0 Å². The molecule has 0 aromatic heterocycles. The Bertz CT molecular complexity index is 680. The highest BCUT2D eigenvalue weighted by Gasteiger charge is 2.17. The van der Waals surface area contributed by atoms with E-state index in [0.29, 0.717) is 29.7 Å². The number of hydrogen-bond acceptors (Lipinski definition) is 2. The molecule has 3 nitrogen and oxygen atoms in total. The summed E-state index contributed by atoms with van der Waals surface area (Å²) in [4.78, 5) is 12.3. The van der Waals surface area contributed by atoms with E-state index in [0.717, 1.165) is 12.8 Å². The van der Waals surface area contributed by atoms with Crippen LogP contribution in [-0.2, 0) is 11.2 Å². The van der Waals surface area contributed by atoms with Gasteiger partial charge in [-0.2, -0.15) is 0 Å². The Kier molecular flexibility index (Phi) is 7.99. The summed E-state index contributed by atoms with van der Waals surface area (Å²) in [6.07, 6.45) is 1.99. The fourth-order valence-corrected chi connectivity index (χ4v) is 2.81. The monoisotopic (exact) mass is 373 g/mol. The summed E-state index contributed by atoms with van der Waals surface area (Å²) in [5.74, 6) is 1.13. The first kappa shape index (κ1) is 20.3. The molecular formula is C22H28ClNO2. The smallest absolute Gasteiger partial charge is 0.261 e. The highest BCUT2D eigenvalue weighted by Crippen LogP contribution is 2.18. The SMILES string of the molecule is CCC(Oc1ccc(Cl)cc1)C(=O)NCCCc1ccc(C(C)C)cc1. The molecule has 1 N–H and O–H groups in total. The second-order valence-electron chi connectivity index (χ2n) is 6.76. The number of rotatable bonds is 9. The summed E-state index contributed by atoms with van der Waals surface area (Å²) in [7, 11) is 0. The minimum absolute atomic E-state index is 0.0717. The van der Waals surface area contributed by atoms with Crippen LogP contribution in [-0.4, -0.2) is 18.6 Å². The summed E-state index contributed by atoms with van der Waals surface area (Å²) in [6, 6.07) is 15.8. The number of hydrogen-bond donors (Lipinski definition) is 1. The summed E-state index contributed by atoms with van der Waals surface area (Å²) in [5, 5.41) is 3.62. The molecule has 2 rings (SSSR count). The van der Waals surface area contributed by atoms with Crippen molar-refractivity contribution in [1.82, 2.24) is 5.32 Å². The molecule has 1 atom stereocenters. The van der Waals surface area contributed by atoms with Crippen LogP contribution in [0.5, 0.6) is 5.75 Å². The van der Waals surface area contributed by atoms with Crippen LogP contribution in [0.4, 0.5) is 0 Å². The first-order valence-corrected chi connectivity index (χ1v) is 9.66. The van der Waals surface area contributed by atoms with E-state index in [2.05, 4.69) is 43.4 Å². The van der Waals surface area contributed by atoms with Crippen LogP contribution in [0.3, 0.4) is 0 Å². The van der Waals surface area contributed by atoms with Crippen LogP contribution >= 0.6 is 11.6 Å². The maximum Gasteiger partial charge on any atom is 0.261 e. The second kappa shape index (κ2) is 10.2. The fraction of sp³-hybridized carbons (Fsp3) is 0.409. The fourth-order valence-electron chi connectivity index (χ4n) is 2.69. The normalized spacial score (nSPS) is 12.0. The third-order valence-electron chi connectivity index (χ3n) is 4.34. The van der Waals surface area contributed by atoms with E-state index in [1.165, 1.54) is 11.1 Å². The van der Waals surface area contributed by atoms with Gasteiger partial charge in [0.25, 0.3) is 5.91 Å². The maximum absolute atomic E-state index is 12.3. The van der Waals surface area contributed by atoms with Crippen LogP contribution in [0.1, 0.15) is 50.7 Å². The quantitative estimate of drug-likeness (QED) is 0.600. The van der Waals surface area contributed by atoms with Crippen molar-refractivity contribution in [2.75, 3.05) is 6.54 Å². The van der Waals surface area contributed by atoms with Gasteiger partial charge in [0, 0.05) is 11.6 Å². The molecule has 0 heterocycles. The van der Waals surface area contributed by atoms with Crippen LogP contribution in [0.2, 0.25) is 5.02 Å². The Labute approximate surface area is 161 Å². The van der Waals surface area contributed by atoms with Crippen LogP contribution in [0.25, 0.3) is 0 Å². The predicted octanol–water partition coefficient (Wildman–Crippen LogP) is 5.37. The number of nitrogens with one attached hydrogen (secondary N) is 1. The van der Waals surface area contributed by atoms with E-state index in [1.807, 2.05) is 6.92 Å².